The molecule has 0 spiro atoms. The predicted octanol–water partition coefficient (Wildman–Crippen LogP) is 4.09. The van der Waals surface area contributed by atoms with Crippen LogP contribution in [0.5, 0.6) is 0 Å². The van der Waals surface area contributed by atoms with E-state index in [2.05, 4.69) is 10.6 Å². The van der Waals surface area contributed by atoms with Gasteiger partial charge in [-0.05, 0) is 49.7 Å². The number of thiophene rings is 1. The Morgan fingerprint density at radius 3 is 2.50 bits per heavy atom. The van der Waals surface area contributed by atoms with Crippen LogP contribution in [-0.4, -0.2) is 23.9 Å². The van der Waals surface area contributed by atoms with Gasteiger partial charge in [0.05, 0.1) is 11.3 Å². The van der Waals surface area contributed by atoms with Crippen molar-refractivity contribution < 1.29 is 23.5 Å². The second-order valence-electron chi connectivity index (χ2n) is 5.96. The molecule has 144 valence electrons. The number of nitrogens with one attached hydrogen (secondary N) is 2. The molecule has 3 aromatic rings. The fraction of sp³-hybridized carbons (Fsp3) is 0.150. The van der Waals surface area contributed by atoms with E-state index in [0.29, 0.717) is 21.1 Å². The van der Waals surface area contributed by atoms with Gasteiger partial charge in [0.2, 0.25) is 0 Å². The molecule has 0 radical (unpaired) electrons. The molecule has 0 aliphatic carbocycles. The third kappa shape index (κ3) is 4.66. The lowest BCUT2D eigenvalue weighted by Crippen LogP contribution is -2.29. The Balaban J connectivity index is 1.61. The van der Waals surface area contributed by atoms with E-state index >= 15 is 0 Å². The zero-order chi connectivity index (χ0) is 20.1. The van der Waals surface area contributed by atoms with Crippen LogP contribution in [0.25, 0.3) is 0 Å². The van der Waals surface area contributed by atoms with Crippen LogP contribution in [0.3, 0.4) is 0 Å². The molecule has 28 heavy (non-hydrogen) atoms. The lowest BCUT2D eigenvalue weighted by atomic mass is 10.2. The topological polar surface area (TPSA) is 97.6 Å². The van der Waals surface area contributed by atoms with Crippen molar-refractivity contribution in [1.82, 2.24) is 0 Å². The van der Waals surface area contributed by atoms with Crippen molar-refractivity contribution in [3.8, 4) is 0 Å². The lowest BCUT2D eigenvalue weighted by Gasteiger charge is -2.13. The SMILES string of the molecule is Cc1cc(NC(=O)c2ccco2)sc1C(=O)OC(C)C(=O)Nc1ccccc1. The summed E-state index contributed by atoms with van der Waals surface area (Å²) in [5.74, 6) is -1.31. The summed E-state index contributed by atoms with van der Waals surface area (Å²) in [6.07, 6.45) is 0.426. The number of para-hydroxylation sites is 1. The quantitative estimate of drug-likeness (QED) is 0.610. The van der Waals surface area contributed by atoms with Crippen LogP contribution in [0.1, 0.15) is 32.7 Å². The number of aryl methyl sites for hydroxylation is 1. The molecule has 0 aliphatic rings. The van der Waals surface area contributed by atoms with Gasteiger partial charge in [0.25, 0.3) is 11.8 Å². The second kappa shape index (κ2) is 8.53. The van der Waals surface area contributed by atoms with Crippen LogP contribution in [0.15, 0.2) is 59.2 Å². The van der Waals surface area contributed by atoms with E-state index in [9.17, 15) is 14.4 Å². The summed E-state index contributed by atoms with van der Waals surface area (Å²) in [7, 11) is 0. The predicted molar refractivity (Wildman–Crippen MR) is 106 cm³/mol. The monoisotopic (exact) mass is 398 g/mol. The molecule has 8 heteroatoms. The van der Waals surface area contributed by atoms with E-state index < -0.39 is 23.9 Å². The summed E-state index contributed by atoms with van der Waals surface area (Å²) >= 11 is 1.07. The van der Waals surface area contributed by atoms with Crippen LogP contribution in [0.2, 0.25) is 0 Å². The maximum Gasteiger partial charge on any atom is 0.349 e. The first-order valence-electron chi connectivity index (χ1n) is 8.46. The molecule has 7 nitrogen and oxygen atoms in total. The fourth-order valence-electron chi connectivity index (χ4n) is 2.36. The first-order chi connectivity index (χ1) is 13.4. The largest absolute Gasteiger partial charge is 0.459 e. The molecule has 2 N–H and O–H groups in total. The van der Waals surface area contributed by atoms with Crippen molar-refractivity contribution in [2.24, 2.45) is 0 Å². The van der Waals surface area contributed by atoms with Crippen molar-refractivity contribution in [2.45, 2.75) is 20.0 Å². The summed E-state index contributed by atoms with van der Waals surface area (Å²) in [6, 6.07) is 13.7. The third-order valence-electron chi connectivity index (χ3n) is 3.78. The average Bonchev–Trinajstić information content (AvgIpc) is 3.32. The molecule has 1 aromatic carbocycles. The van der Waals surface area contributed by atoms with Crippen LogP contribution in [0.4, 0.5) is 10.7 Å². The number of hydrogen-bond donors (Lipinski definition) is 2. The summed E-state index contributed by atoms with van der Waals surface area (Å²) in [6.45, 7) is 3.23. The maximum absolute atomic E-state index is 12.4. The molecule has 0 saturated heterocycles. The lowest BCUT2D eigenvalue weighted by molar-refractivity contribution is -0.123. The van der Waals surface area contributed by atoms with Crippen molar-refractivity contribution in [1.29, 1.82) is 0 Å². The van der Waals surface area contributed by atoms with Crippen molar-refractivity contribution in [3.63, 3.8) is 0 Å². The van der Waals surface area contributed by atoms with E-state index in [1.807, 2.05) is 6.07 Å². The normalized spacial score (nSPS) is 11.5. The first kappa shape index (κ1) is 19.4. The highest BCUT2D eigenvalue weighted by Gasteiger charge is 2.23. The molecule has 2 amide bonds. The van der Waals surface area contributed by atoms with E-state index in [-0.39, 0.29) is 5.76 Å². The Morgan fingerprint density at radius 1 is 1.07 bits per heavy atom. The standard InChI is InChI=1S/C20H18N2O5S/c1-12-11-16(22-19(24)15-9-6-10-26-15)28-17(12)20(25)27-13(2)18(23)21-14-7-4-3-5-8-14/h3-11,13H,1-2H3,(H,21,23)(H,22,24). The highest BCUT2D eigenvalue weighted by molar-refractivity contribution is 7.18. The van der Waals surface area contributed by atoms with E-state index in [4.69, 9.17) is 9.15 Å². The molecule has 3 rings (SSSR count). The highest BCUT2D eigenvalue weighted by atomic mass is 32.1. The van der Waals surface area contributed by atoms with Gasteiger partial charge in [0, 0.05) is 5.69 Å². The van der Waals surface area contributed by atoms with Crippen molar-refractivity contribution >= 4 is 39.8 Å². The zero-order valence-corrected chi connectivity index (χ0v) is 16.0. The molecule has 0 aliphatic heterocycles. The van der Waals surface area contributed by atoms with Crippen LogP contribution in [0, 0.1) is 6.92 Å². The first-order valence-corrected chi connectivity index (χ1v) is 9.28. The summed E-state index contributed by atoms with van der Waals surface area (Å²) in [5.41, 5.74) is 1.26. The summed E-state index contributed by atoms with van der Waals surface area (Å²) in [5, 5.41) is 5.83. The van der Waals surface area contributed by atoms with Crippen LogP contribution in [-0.2, 0) is 9.53 Å². The van der Waals surface area contributed by atoms with Crippen LogP contribution < -0.4 is 10.6 Å². The number of rotatable bonds is 6. The number of amides is 2. The minimum Gasteiger partial charge on any atom is -0.459 e. The zero-order valence-electron chi connectivity index (χ0n) is 15.2. The van der Waals surface area contributed by atoms with Gasteiger partial charge < -0.3 is 19.8 Å². The number of ether oxygens (including phenoxy) is 1. The third-order valence-corrected chi connectivity index (χ3v) is 4.91. The van der Waals surface area contributed by atoms with Crippen LogP contribution >= 0.6 is 11.3 Å². The smallest absolute Gasteiger partial charge is 0.349 e. The van der Waals surface area contributed by atoms with Gasteiger partial charge in [0.1, 0.15) is 4.88 Å². The fourth-order valence-corrected chi connectivity index (χ4v) is 3.31. The minimum atomic E-state index is -0.977. The Labute approximate surface area is 165 Å². The molecule has 0 bridgehead atoms. The van der Waals surface area contributed by atoms with Gasteiger partial charge in [-0.25, -0.2) is 4.79 Å². The molecule has 0 fully saturated rings. The second-order valence-corrected chi connectivity index (χ2v) is 7.01. The van der Waals surface area contributed by atoms with E-state index in [0.717, 1.165) is 11.3 Å². The average molecular weight is 398 g/mol. The Morgan fingerprint density at radius 2 is 1.82 bits per heavy atom. The van der Waals surface area contributed by atoms with Gasteiger partial charge in [-0.15, -0.1) is 11.3 Å². The molecule has 1 atom stereocenters. The Bertz CT molecular complexity index is 979. The number of benzene rings is 1. The number of furan rings is 1. The number of esters is 1. The molecular weight excluding hydrogens is 380 g/mol. The molecular formula is C20H18N2O5S. The molecule has 2 heterocycles. The molecule has 0 saturated carbocycles. The van der Waals surface area contributed by atoms with Gasteiger partial charge >= 0.3 is 5.97 Å². The molecule has 2 aromatic heterocycles. The minimum absolute atomic E-state index is 0.168. The van der Waals surface area contributed by atoms with Gasteiger partial charge in [-0.3, -0.25) is 9.59 Å². The Hall–Kier alpha value is -3.39. The number of carbonyl (C=O) groups excluding carboxylic acids is 3. The summed E-state index contributed by atoms with van der Waals surface area (Å²) in [4.78, 5) is 37.0. The van der Waals surface area contributed by atoms with Crippen molar-refractivity contribution in [3.05, 3.63) is 71.0 Å². The maximum atomic E-state index is 12.4. The Kier molecular flexibility index (Phi) is 5.90. The van der Waals surface area contributed by atoms with Gasteiger partial charge in [0.15, 0.2) is 11.9 Å². The number of hydrogen-bond acceptors (Lipinski definition) is 6. The summed E-state index contributed by atoms with van der Waals surface area (Å²) < 4.78 is 10.3. The van der Waals surface area contributed by atoms with Gasteiger partial charge in [-0.1, -0.05) is 18.2 Å². The molecule has 1 unspecified atom stereocenters. The number of anilines is 2. The van der Waals surface area contributed by atoms with Crippen molar-refractivity contribution in [2.75, 3.05) is 10.6 Å². The van der Waals surface area contributed by atoms with Gasteiger partial charge in [-0.2, -0.15) is 0 Å². The number of carbonyl (C=O) groups is 3. The van der Waals surface area contributed by atoms with E-state index in [1.165, 1.54) is 19.3 Å². The van der Waals surface area contributed by atoms with E-state index in [1.54, 1.807) is 43.3 Å². The highest BCUT2D eigenvalue weighted by Crippen LogP contribution is 2.28.